The van der Waals surface area contributed by atoms with Gasteiger partial charge in [0.1, 0.15) is 0 Å². The Morgan fingerprint density at radius 3 is 0.963 bits per heavy atom. The maximum Gasteiger partial charge on any atom is 0.305 e. The molecule has 470 valence electrons. The summed E-state index contributed by atoms with van der Waals surface area (Å²) in [6, 6.07) is -0.638. The fourth-order valence-electron chi connectivity index (χ4n) is 11.1. The molecule has 2 unspecified atom stereocenters. The molecule has 0 saturated carbocycles. The third-order valence-electron chi connectivity index (χ3n) is 16.6. The maximum atomic E-state index is 12.5. The van der Waals surface area contributed by atoms with E-state index in [1.807, 2.05) is 6.08 Å². The summed E-state index contributed by atoms with van der Waals surface area (Å²) in [5.41, 5.74) is 0. The van der Waals surface area contributed by atoms with Gasteiger partial charge in [-0.3, -0.25) is 9.59 Å². The monoisotopic (exact) mass is 1120 g/mol. The van der Waals surface area contributed by atoms with Gasteiger partial charge in [0, 0.05) is 12.8 Å². The van der Waals surface area contributed by atoms with Crippen LogP contribution in [0.2, 0.25) is 0 Å². The summed E-state index contributed by atoms with van der Waals surface area (Å²) in [4.78, 5) is 24.6. The van der Waals surface area contributed by atoms with Crippen molar-refractivity contribution in [1.82, 2.24) is 5.32 Å². The van der Waals surface area contributed by atoms with Crippen molar-refractivity contribution in [1.29, 1.82) is 0 Å². The van der Waals surface area contributed by atoms with E-state index in [2.05, 4.69) is 55.6 Å². The molecular formula is C74H139NO5. The third-order valence-corrected chi connectivity index (χ3v) is 16.6. The average molecular weight is 1120 g/mol. The summed E-state index contributed by atoms with van der Waals surface area (Å²) in [7, 11) is 0. The summed E-state index contributed by atoms with van der Waals surface area (Å²) >= 11 is 0. The lowest BCUT2D eigenvalue weighted by Crippen LogP contribution is -2.45. The molecule has 0 radical (unpaired) electrons. The van der Waals surface area contributed by atoms with Gasteiger partial charge in [0.05, 0.1) is 25.4 Å². The summed E-state index contributed by atoms with van der Waals surface area (Å²) in [5, 5.41) is 23.2. The van der Waals surface area contributed by atoms with E-state index in [0.29, 0.717) is 19.4 Å². The van der Waals surface area contributed by atoms with Gasteiger partial charge in [-0.2, -0.15) is 0 Å². The number of nitrogens with one attached hydrogen (secondary N) is 1. The van der Waals surface area contributed by atoms with Gasteiger partial charge < -0.3 is 20.3 Å². The molecule has 0 aliphatic rings. The van der Waals surface area contributed by atoms with E-state index in [9.17, 15) is 19.8 Å². The predicted octanol–water partition coefficient (Wildman–Crippen LogP) is 23.3. The molecule has 6 heteroatoms. The SMILES string of the molecule is CCCCCCCCC/C=C\CCCCCCCCCC(=O)OCCCCCCCCCCC/C=C\C/C=C\CCCCCCCCCC(=O)NC(CO)C(O)/C=C/CCCCCCCCCCCCCCCCCCCCCC. The Labute approximate surface area is 499 Å². The lowest BCUT2D eigenvalue weighted by Gasteiger charge is -2.20. The van der Waals surface area contributed by atoms with Gasteiger partial charge in [0.25, 0.3) is 0 Å². The van der Waals surface area contributed by atoms with Crippen LogP contribution in [0.15, 0.2) is 48.6 Å². The molecular weight excluding hydrogens is 983 g/mol. The first kappa shape index (κ1) is 77.8. The first-order valence-corrected chi connectivity index (χ1v) is 35.9. The molecule has 0 aromatic rings. The second-order valence-electron chi connectivity index (χ2n) is 24.6. The minimum Gasteiger partial charge on any atom is -0.466 e. The topological polar surface area (TPSA) is 95.9 Å². The second kappa shape index (κ2) is 69.3. The largest absolute Gasteiger partial charge is 0.466 e. The van der Waals surface area contributed by atoms with Gasteiger partial charge >= 0.3 is 5.97 Å². The Bertz CT molecular complexity index is 1340. The molecule has 80 heavy (non-hydrogen) atoms. The third kappa shape index (κ3) is 65.0. The van der Waals surface area contributed by atoms with Crippen LogP contribution in [0.1, 0.15) is 386 Å². The molecule has 0 aliphatic carbocycles. The Morgan fingerprint density at radius 1 is 0.350 bits per heavy atom. The molecule has 0 spiro atoms. The smallest absolute Gasteiger partial charge is 0.305 e. The highest BCUT2D eigenvalue weighted by molar-refractivity contribution is 5.76. The van der Waals surface area contributed by atoms with Crippen molar-refractivity contribution in [2.75, 3.05) is 13.2 Å². The molecule has 0 fully saturated rings. The van der Waals surface area contributed by atoms with Crippen LogP contribution >= 0.6 is 0 Å². The summed E-state index contributed by atoms with van der Waals surface area (Å²) in [6.07, 6.45) is 90.4. The number of carbonyl (C=O) groups excluding carboxylic acids is 2. The van der Waals surface area contributed by atoms with Crippen molar-refractivity contribution in [2.24, 2.45) is 0 Å². The number of aliphatic hydroxyl groups is 2. The number of unbranched alkanes of at least 4 members (excludes halogenated alkanes) is 50. The zero-order valence-corrected chi connectivity index (χ0v) is 53.8. The molecule has 1 amide bonds. The number of hydrogen-bond donors (Lipinski definition) is 3. The summed E-state index contributed by atoms with van der Waals surface area (Å²) in [6.45, 7) is 4.92. The highest BCUT2D eigenvalue weighted by Gasteiger charge is 2.18. The van der Waals surface area contributed by atoms with Crippen LogP contribution in [0.25, 0.3) is 0 Å². The molecule has 0 aromatic carbocycles. The molecule has 6 nitrogen and oxygen atoms in total. The molecule has 0 aliphatic heterocycles. The fourth-order valence-corrected chi connectivity index (χ4v) is 11.1. The molecule has 0 saturated heterocycles. The number of aliphatic hydroxyl groups excluding tert-OH is 2. The molecule has 0 rings (SSSR count). The van der Waals surface area contributed by atoms with Gasteiger partial charge in [-0.05, 0) is 89.9 Å². The van der Waals surface area contributed by atoms with Crippen molar-refractivity contribution in [3.8, 4) is 0 Å². The van der Waals surface area contributed by atoms with E-state index in [4.69, 9.17) is 4.74 Å². The van der Waals surface area contributed by atoms with Crippen LogP contribution in [0, 0.1) is 0 Å². The highest BCUT2D eigenvalue weighted by Crippen LogP contribution is 2.18. The van der Waals surface area contributed by atoms with Gasteiger partial charge in [-0.15, -0.1) is 0 Å². The number of rotatable bonds is 67. The van der Waals surface area contributed by atoms with E-state index in [1.54, 1.807) is 6.08 Å². The highest BCUT2D eigenvalue weighted by atomic mass is 16.5. The number of ether oxygens (including phenoxy) is 1. The maximum absolute atomic E-state index is 12.5. The van der Waals surface area contributed by atoms with Gasteiger partial charge in [0.15, 0.2) is 0 Å². The second-order valence-corrected chi connectivity index (χ2v) is 24.6. The van der Waals surface area contributed by atoms with E-state index in [0.717, 1.165) is 64.2 Å². The van der Waals surface area contributed by atoms with Crippen molar-refractivity contribution in [2.45, 2.75) is 398 Å². The molecule has 0 aromatic heterocycles. The lowest BCUT2D eigenvalue weighted by molar-refractivity contribution is -0.143. The number of carbonyl (C=O) groups is 2. The zero-order chi connectivity index (χ0) is 57.8. The van der Waals surface area contributed by atoms with Crippen molar-refractivity contribution >= 4 is 11.9 Å². The van der Waals surface area contributed by atoms with Crippen molar-refractivity contribution in [3.63, 3.8) is 0 Å². The molecule has 2 atom stereocenters. The van der Waals surface area contributed by atoms with Crippen LogP contribution in [0.4, 0.5) is 0 Å². The number of hydrogen-bond acceptors (Lipinski definition) is 5. The van der Waals surface area contributed by atoms with Crippen LogP contribution < -0.4 is 5.32 Å². The first-order chi connectivity index (χ1) is 39.5. The molecule has 3 N–H and O–H groups in total. The van der Waals surface area contributed by atoms with Crippen LogP contribution in [-0.2, 0) is 14.3 Å². The zero-order valence-electron chi connectivity index (χ0n) is 53.8. The number of amides is 1. The fraction of sp³-hybridized carbons (Fsp3) is 0.865. The predicted molar refractivity (Wildman–Crippen MR) is 352 cm³/mol. The van der Waals surface area contributed by atoms with Crippen LogP contribution in [-0.4, -0.2) is 47.4 Å². The molecule has 0 heterocycles. The summed E-state index contributed by atoms with van der Waals surface area (Å²) < 4.78 is 5.50. The van der Waals surface area contributed by atoms with Crippen molar-refractivity contribution in [3.05, 3.63) is 48.6 Å². The lowest BCUT2D eigenvalue weighted by atomic mass is 10.0. The molecule has 0 bridgehead atoms. The Morgan fingerprint density at radius 2 is 0.625 bits per heavy atom. The van der Waals surface area contributed by atoms with Gasteiger partial charge in [-0.1, -0.05) is 332 Å². The quantitative estimate of drug-likeness (QED) is 0.0320. The average Bonchev–Trinajstić information content (AvgIpc) is 3.46. The number of allylic oxidation sites excluding steroid dienone is 7. The van der Waals surface area contributed by atoms with E-state index in [-0.39, 0.29) is 18.5 Å². The Kier molecular flexibility index (Phi) is 67.4. The normalized spacial score (nSPS) is 12.8. The van der Waals surface area contributed by atoms with E-state index in [1.165, 1.54) is 295 Å². The summed E-state index contributed by atoms with van der Waals surface area (Å²) in [5.74, 6) is -0.0714. The Balaban J connectivity index is 3.47. The first-order valence-electron chi connectivity index (χ1n) is 35.9. The van der Waals surface area contributed by atoms with Crippen LogP contribution in [0.5, 0.6) is 0 Å². The minimum atomic E-state index is -0.853. The Hall–Kier alpha value is -2.18. The van der Waals surface area contributed by atoms with E-state index < -0.39 is 12.1 Å². The standard InChI is InChI=1S/C74H139NO5/c1-3-5-7-9-11-13-15-17-19-21-23-24-28-31-34-38-42-46-50-54-58-62-66-72(77)71(70-76)75-73(78)67-63-59-55-51-47-43-39-35-32-29-26-25-27-30-33-37-41-45-49-53-57-61-65-69-80-74(79)68-64-60-56-52-48-44-40-36-22-20-18-16-14-12-10-8-6-4-2/h20,22,25,27,29,32,62,66,71-72,76-77H,3-19,21,23-24,26,28,30-31,33-61,63-65,67-70H2,1-2H3,(H,75,78)/b22-20-,27-25-,32-29-,66-62+. The van der Waals surface area contributed by atoms with Gasteiger partial charge in [0.2, 0.25) is 5.91 Å². The van der Waals surface area contributed by atoms with Crippen molar-refractivity contribution < 1.29 is 24.5 Å². The van der Waals surface area contributed by atoms with Gasteiger partial charge in [-0.25, -0.2) is 0 Å². The number of esters is 1. The van der Waals surface area contributed by atoms with E-state index >= 15 is 0 Å². The van der Waals surface area contributed by atoms with Crippen LogP contribution in [0.3, 0.4) is 0 Å². The minimum absolute atomic E-state index is 0.00399.